The number of hydrogen-bond acceptors (Lipinski definition) is 9. The summed E-state index contributed by atoms with van der Waals surface area (Å²) in [5.41, 5.74) is 14.5. The lowest BCUT2D eigenvalue weighted by Crippen LogP contribution is -2.32. The van der Waals surface area contributed by atoms with Crippen LogP contribution in [0.2, 0.25) is 10.0 Å². The van der Waals surface area contributed by atoms with E-state index < -0.39 is 22.2 Å². The number of anilines is 2. The number of aromatic amines is 2. The fourth-order valence-electron chi connectivity index (χ4n) is 9.08. The number of nitrogens with two attached hydrogens (primary N) is 1. The Labute approximate surface area is 440 Å². The van der Waals surface area contributed by atoms with E-state index in [4.69, 9.17) is 38.4 Å². The number of nitrogen functional groups attached to an aromatic ring is 1. The monoisotopic (exact) mass is 1050 g/mol. The highest BCUT2D eigenvalue weighted by atomic mass is 35.5. The molecule has 0 fully saturated rings. The molecule has 10 aromatic rings. The second-order valence-corrected chi connectivity index (χ2v) is 20.9. The number of halogens is 2. The molecule has 0 aliphatic carbocycles. The third-order valence-corrected chi connectivity index (χ3v) is 14.0. The van der Waals surface area contributed by atoms with Crippen molar-refractivity contribution >= 4 is 88.2 Å². The van der Waals surface area contributed by atoms with E-state index in [1.54, 1.807) is 30.3 Å². The van der Waals surface area contributed by atoms with Crippen molar-refractivity contribution in [2.24, 2.45) is 0 Å². The number of benzene rings is 8. The average Bonchev–Trinajstić information content (AvgIpc) is 3.96. The Morgan fingerprint density at radius 1 is 0.541 bits per heavy atom. The standard InChI is InChI=1S/C30H30ClN3O4S.C29H28ClN3O2/c1-39(36,37)33-29-17-22(11-14-26(29)31)30(35)20-34(19-21-7-3-2-4-8-21)15-16-38-23-12-13-25-24-9-5-6-10-27(24)32-28(25)18-23;30-25-13-10-21(16-26(25)31)29(34)19-33(18-20-6-2-1-3-7-20)14-15-35-22-11-12-24-23-8-4-5-9-27(23)32-28(24)17-22/h2-14,17-18,30,32-33,35H,15-16,19-20H2,1H3;1-13,16-17,29,32,34H,14-15,18-19,31H2. The zero-order valence-corrected chi connectivity index (χ0v) is 43.1. The third kappa shape index (κ3) is 13.6. The van der Waals surface area contributed by atoms with Crippen molar-refractivity contribution in [1.82, 2.24) is 19.8 Å². The molecule has 0 bridgehead atoms. The summed E-state index contributed by atoms with van der Waals surface area (Å²) < 4.78 is 38.1. The minimum atomic E-state index is -3.51. The minimum absolute atomic E-state index is 0.237. The molecule has 0 spiro atoms. The molecule has 2 heterocycles. The Balaban J connectivity index is 0.000000183. The number of rotatable bonds is 20. The number of ether oxygens (including phenoxy) is 2. The first-order valence-corrected chi connectivity index (χ1v) is 26.9. The van der Waals surface area contributed by atoms with Gasteiger partial charge in [0.1, 0.15) is 24.7 Å². The van der Waals surface area contributed by atoms with E-state index in [-0.39, 0.29) is 10.7 Å². The molecule has 7 N–H and O–H groups in total. The molecule has 74 heavy (non-hydrogen) atoms. The molecule has 0 amide bonds. The highest BCUT2D eigenvalue weighted by molar-refractivity contribution is 7.92. The van der Waals surface area contributed by atoms with Gasteiger partial charge >= 0.3 is 0 Å². The van der Waals surface area contributed by atoms with Crippen LogP contribution in [-0.4, -0.2) is 84.0 Å². The molecular formula is C59H58Cl2N6O6S. The van der Waals surface area contributed by atoms with Crippen molar-refractivity contribution < 1.29 is 28.1 Å². The number of hydrogen-bond donors (Lipinski definition) is 6. The minimum Gasteiger partial charge on any atom is -0.492 e. The molecule has 10 rings (SSSR count). The average molecular weight is 1050 g/mol. The van der Waals surface area contributed by atoms with E-state index >= 15 is 0 Å². The van der Waals surface area contributed by atoms with Crippen molar-refractivity contribution in [2.45, 2.75) is 25.3 Å². The lowest BCUT2D eigenvalue weighted by Gasteiger charge is -2.26. The van der Waals surface area contributed by atoms with Crippen LogP contribution in [0.1, 0.15) is 34.5 Å². The van der Waals surface area contributed by atoms with E-state index in [1.165, 1.54) is 21.7 Å². The molecule has 0 saturated heterocycles. The van der Waals surface area contributed by atoms with E-state index in [9.17, 15) is 18.6 Å². The van der Waals surface area contributed by atoms with Crippen LogP contribution in [0.5, 0.6) is 11.5 Å². The number of H-pyrrole nitrogens is 2. The fraction of sp³-hybridized carbons (Fsp3) is 0.186. The predicted molar refractivity (Wildman–Crippen MR) is 302 cm³/mol. The predicted octanol–water partition coefficient (Wildman–Crippen LogP) is 12.1. The molecule has 2 atom stereocenters. The van der Waals surface area contributed by atoms with Gasteiger partial charge in [-0.25, -0.2) is 8.42 Å². The number of aromatic nitrogens is 2. The van der Waals surface area contributed by atoms with Crippen molar-refractivity contribution in [3.8, 4) is 11.5 Å². The van der Waals surface area contributed by atoms with Gasteiger partial charge in [-0.3, -0.25) is 14.5 Å². The van der Waals surface area contributed by atoms with Crippen molar-refractivity contribution in [3.05, 3.63) is 214 Å². The Morgan fingerprint density at radius 3 is 1.45 bits per heavy atom. The smallest absolute Gasteiger partial charge is 0.229 e. The van der Waals surface area contributed by atoms with Crippen LogP contribution in [0.25, 0.3) is 43.6 Å². The SMILES string of the molecule is CS(=O)(=O)Nc1cc(C(O)CN(CCOc2ccc3c(c2)[nH]c2ccccc23)Cc2ccccc2)ccc1Cl.Nc1cc(C(O)CN(CCOc2ccc3c(c2)[nH]c2ccccc23)Cc2ccccc2)ccc1Cl. The van der Waals surface area contributed by atoms with Gasteiger partial charge in [-0.15, -0.1) is 0 Å². The fourth-order valence-corrected chi connectivity index (χ4v) is 9.99. The quantitative estimate of drug-likeness (QED) is 0.0407. The topological polar surface area (TPSA) is 169 Å². The number of nitrogens with one attached hydrogen (secondary N) is 3. The summed E-state index contributed by atoms with van der Waals surface area (Å²) in [4.78, 5) is 11.2. The van der Waals surface area contributed by atoms with Crippen LogP contribution in [0.4, 0.5) is 11.4 Å². The first kappa shape index (κ1) is 51.8. The van der Waals surface area contributed by atoms with E-state index in [1.807, 2.05) is 103 Å². The normalized spacial score (nSPS) is 12.6. The molecule has 12 nitrogen and oxygen atoms in total. The van der Waals surface area contributed by atoms with E-state index in [0.717, 1.165) is 56.3 Å². The zero-order valence-electron chi connectivity index (χ0n) is 40.8. The lowest BCUT2D eigenvalue weighted by atomic mass is 10.1. The number of aliphatic hydroxyl groups excluding tert-OH is 2. The number of nitrogens with zero attached hydrogens (tertiary/aromatic N) is 2. The summed E-state index contributed by atoms with van der Waals surface area (Å²) in [6.45, 7) is 4.22. The van der Waals surface area contributed by atoms with Gasteiger partial charge in [-0.2, -0.15) is 0 Å². The maximum atomic E-state index is 11.7. The lowest BCUT2D eigenvalue weighted by molar-refractivity contribution is 0.0984. The Morgan fingerprint density at radius 2 is 0.973 bits per heavy atom. The second kappa shape index (κ2) is 23.9. The van der Waals surface area contributed by atoms with Gasteiger partial charge < -0.3 is 35.4 Å². The molecule has 0 aliphatic rings. The van der Waals surface area contributed by atoms with Crippen LogP contribution in [0.15, 0.2) is 182 Å². The first-order chi connectivity index (χ1) is 35.8. The van der Waals surface area contributed by atoms with Gasteiger partial charge in [0.15, 0.2) is 0 Å². The van der Waals surface area contributed by atoms with Gasteiger partial charge in [0, 0.05) is 84.0 Å². The number of fused-ring (bicyclic) bond motifs is 6. The van der Waals surface area contributed by atoms with Gasteiger partial charge in [0.2, 0.25) is 10.0 Å². The maximum Gasteiger partial charge on any atom is 0.229 e. The van der Waals surface area contributed by atoms with Crippen LogP contribution in [-0.2, 0) is 23.1 Å². The molecule has 380 valence electrons. The van der Waals surface area contributed by atoms with Gasteiger partial charge in [0.05, 0.1) is 50.9 Å². The molecule has 2 unspecified atom stereocenters. The van der Waals surface area contributed by atoms with Crippen LogP contribution >= 0.6 is 23.2 Å². The summed E-state index contributed by atoms with van der Waals surface area (Å²) in [7, 11) is -3.51. The number of para-hydroxylation sites is 2. The molecule has 2 aromatic heterocycles. The third-order valence-electron chi connectivity index (χ3n) is 12.7. The molecule has 8 aromatic carbocycles. The number of sulfonamides is 1. The van der Waals surface area contributed by atoms with Crippen LogP contribution < -0.4 is 19.9 Å². The van der Waals surface area contributed by atoms with Crippen molar-refractivity contribution in [2.75, 3.05) is 56.1 Å². The van der Waals surface area contributed by atoms with E-state index in [0.29, 0.717) is 68.8 Å². The van der Waals surface area contributed by atoms with Crippen molar-refractivity contribution in [1.29, 1.82) is 0 Å². The summed E-state index contributed by atoms with van der Waals surface area (Å²) in [6.07, 6.45) is -0.501. The summed E-state index contributed by atoms with van der Waals surface area (Å²) >= 11 is 12.2. The summed E-state index contributed by atoms with van der Waals surface area (Å²) in [5.74, 6) is 1.58. The zero-order chi connectivity index (χ0) is 51.6. The summed E-state index contributed by atoms with van der Waals surface area (Å²) in [6, 6.07) is 59.1. The van der Waals surface area contributed by atoms with Gasteiger partial charge in [-0.1, -0.05) is 132 Å². The number of aliphatic hydroxyl groups is 2. The Kier molecular flexibility index (Phi) is 16.7. The molecule has 15 heteroatoms. The largest absolute Gasteiger partial charge is 0.492 e. The van der Waals surface area contributed by atoms with E-state index in [2.05, 4.69) is 73.0 Å². The van der Waals surface area contributed by atoms with Gasteiger partial charge in [0.25, 0.3) is 0 Å². The molecular weight excluding hydrogens is 992 g/mol. The molecule has 0 radical (unpaired) electrons. The van der Waals surface area contributed by atoms with Gasteiger partial charge in [-0.05, 0) is 82.9 Å². The van der Waals surface area contributed by atoms with Crippen LogP contribution in [0, 0.1) is 0 Å². The Bertz CT molecular complexity index is 3600. The molecule has 0 saturated carbocycles. The first-order valence-electron chi connectivity index (χ1n) is 24.3. The Hall–Kier alpha value is -7.07. The molecule has 0 aliphatic heterocycles. The highest BCUT2D eigenvalue weighted by Crippen LogP contribution is 2.31. The summed E-state index contributed by atoms with van der Waals surface area (Å²) in [5, 5.41) is 27.5. The highest BCUT2D eigenvalue weighted by Gasteiger charge is 2.19. The second-order valence-electron chi connectivity index (χ2n) is 18.3. The van der Waals surface area contributed by atoms with Crippen molar-refractivity contribution in [3.63, 3.8) is 0 Å². The van der Waals surface area contributed by atoms with Crippen LogP contribution in [0.3, 0.4) is 0 Å². The maximum absolute atomic E-state index is 11.7.